The monoisotopic (exact) mass is 465 g/mol. The summed E-state index contributed by atoms with van der Waals surface area (Å²) >= 11 is 0. The molecule has 1 fully saturated rings. The quantitative estimate of drug-likeness (QED) is 0.650. The molecule has 0 aliphatic carbocycles. The van der Waals surface area contributed by atoms with Crippen molar-refractivity contribution in [3.63, 3.8) is 0 Å². The number of amides is 4. The van der Waals surface area contributed by atoms with Gasteiger partial charge in [0.15, 0.2) is 5.54 Å². The summed E-state index contributed by atoms with van der Waals surface area (Å²) in [5.74, 6) is -4.84. The van der Waals surface area contributed by atoms with E-state index in [4.69, 9.17) is 4.74 Å². The summed E-state index contributed by atoms with van der Waals surface area (Å²) in [5, 5.41) is 4.83. The van der Waals surface area contributed by atoms with Crippen LogP contribution in [0.3, 0.4) is 0 Å². The van der Waals surface area contributed by atoms with Crippen molar-refractivity contribution in [1.82, 2.24) is 10.2 Å². The van der Waals surface area contributed by atoms with Crippen LogP contribution in [0.1, 0.15) is 12.0 Å². The summed E-state index contributed by atoms with van der Waals surface area (Å²) in [4.78, 5) is 38.2. The molecule has 168 valence electrons. The Morgan fingerprint density at radius 2 is 1.84 bits per heavy atom. The molecule has 1 spiro atoms. The average molecular weight is 465 g/mol. The molecular weight excluding hydrogens is 448 g/mol. The van der Waals surface area contributed by atoms with Crippen LogP contribution in [0.25, 0.3) is 0 Å². The minimum Gasteiger partial charge on any atom is -0.493 e. The molecular formula is C20H17F2N3O6S. The molecule has 2 aromatic carbocycles. The molecule has 0 radical (unpaired) electrons. The van der Waals surface area contributed by atoms with Crippen molar-refractivity contribution in [2.24, 2.45) is 0 Å². The van der Waals surface area contributed by atoms with E-state index in [9.17, 15) is 31.6 Å². The van der Waals surface area contributed by atoms with Gasteiger partial charge in [0, 0.05) is 12.0 Å². The summed E-state index contributed by atoms with van der Waals surface area (Å²) in [6.07, 6.45) is 0.155. The number of ether oxygens (including phenoxy) is 1. The van der Waals surface area contributed by atoms with Crippen molar-refractivity contribution in [2.75, 3.05) is 18.5 Å². The zero-order valence-electron chi connectivity index (χ0n) is 16.4. The van der Waals surface area contributed by atoms with E-state index >= 15 is 0 Å². The second-order valence-corrected chi connectivity index (χ2v) is 9.06. The first-order chi connectivity index (χ1) is 15.2. The maximum Gasteiger partial charge on any atom is 0.341 e. The number of alkyl halides is 2. The van der Waals surface area contributed by atoms with Gasteiger partial charge in [-0.15, -0.1) is 0 Å². The minimum atomic E-state index is -4.98. The molecule has 1 atom stereocenters. The van der Waals surface area contributed by atoms with Crippen molar-refractivity contribution in [3.05, 3.63) is 54.1 Å². The molecule has 2 aromatic rings. The van der Waals surface area contributed by atoms with E-state index in [-0.39, 0.29) is 18.7 Å². The predicted molar refractivity (Wildman–Crippen MR) is 107 cm³/mol. The number of carbonyl (C=O) groups excluding carboxylic acids is 3. The average Bonchev–Trinajstić information content (AvgIpc) is 2.99. The normalized spacial score (nSPS) is 20.2. The van der Waals surface area contributed by atoms with E-state index in [2.05, 4.69) is 10.6 Å². The maximum atomic E-state index is 13.2. The lowest BCUT2D eigenvalue weighted by molar-refractivity contribution is -0.135. The molecule has 9 nitrogen and oxygen atoms in total. The zero-order chi connectivity index (χ0) is 23.1. The van der Waals surface area contributed by atoms with Gasteiger partial charge in [0.2, 0.25) is 15.7 Å². The van der Waals surface area contributed by atoms with Crippen LogP contribution < -0.4 is 15.4 Å². The fourth-order valence-corrected chi connectivity index (χ4v) is 4.65. The number of halogens is 2. The molecule has 2 heterocycles. The Labute approximate surface area is 181 Å². The van der Waals surface area contributed by atoms with Gasteiger partial charge in [-0.1, -0.05) is 30.3 Å². The smallest absolute Gasteiger partial charge is 0.341 e. The van der Waals surface area contributed by atoms with E-state index in [1.165, 1.54) is 12.1 Å². The largest absolute Gasteiger partial charge is 0.493 e. The van der Waals surface area contributed by atoms with Crippen molar-refractivity contribution in [1.29, 1.82) is 0 Å². The SMILES string of the molecule is O=C(CN1C(=O)N[C@]2(CCOc3ccccc32)C1=O)Nc1ccccc1S(=O)(=O)C(F)F. The third kappa shape index (κ3) is 3.45. The third-order valence-corrected chi connectivity index (χ3v) is 6.70. The number of anilines is 1. The number of nitrogens with zero attached hydrogens (tertiary/aromatic N) is 1. The molecule has 2 aliphatic rings. The minimum absolute atomic E-state index is 0.155. The van der Waals surface area contributed by atoms with Gasteiger partial charge >= 0.3 is 11.8 Å². The van der Waals surface area contributed by atoms with E-state index < -0.39 is 50.4 Å². The van der Waals surface area contributed by atoms with Crippen LogP contribution in [0.2, 0.25) is 0 Å². The van der Waals surface area contributed by atoms with Crippen LogP contribution >= 0.6 is 0 Å². The number of urea groups is 1. The first kappa shape index (κ1) is 21.7. The van der Waals surface area contributed by atoms with Crippen molar-refractivity contribution in [3.8, 4) is 5.75 Å². The Bertz CT molecular complexity index is 1220. The number of para-hydroxylation sites is 2. The van der Waals surface area contributed by atoms with E-state index in [1.54, 1.807) is 24.3 Å². The number of imide groups is 1. The summed E-state index contributed by atoms with van der Waals surface area (Å²) in [5.41, 5.74) is -1.31. The molecule has 0 bridgehead atoms. The summed E-state index contributed by atoms with van der Waals surface area (Å²) in [6.45, 7) is -0.569. The molecule has 0 saturated carbocycles. The van der Waals surface area contributed by atoms with Gasteiger partial charge < -0.3 is 15.4 Å². The van der Waals surface area contributed by atoms with Crippen LogP contribution in [0, 0.1) is 0 Å². The van der Waals surface area contributed by atoms with E-state index in [1.807, 2.05) is 0 Å². The highest BCUT2D eigenvalue weighted by Gasteiger charge is 2.55. The van der Waals surface area contributed by atoms with Gasteiger partial charge in [-0.3, -0.25) is 14.5 Å². The second-order valence-electron chi connectivity index (χ2n) is 7.17. The molecule has 4 amide bonds. The van der Waals surface area contributed by atoms with Gasteiger partial charge in [0.05, 0.1) is 17.2 Å². The van der Waals surface area contributed by atoms with Gasteiger partial charge in [-0.25, -0.2) is 13.2 Å². The Morgan fingerprint density at radius 1 is 1.16 bits per heavy atom. The van der Waals surface area contributed by atoms with Crippen molar-refractivity contribution in [2.45, 2.75) is 22.6 Å². The molecule has 2 N–H and O–H groups in total. The lowest BCUT2D eigenvalue weighted by atomic mass is 9.84. The second kappa shape index (κ2) is 7.86. The summed E-state index contributed by atoms with van der Waals surface area (Å²) in [7, 11) is -4.98. The molecule has 4 rings (SSSR count). The van der Waals surface area contributed by atoms with Crippen LogP contribution in [0.15, 0.2) is 53.4 Å². The maximum absolute atomic E-state index is 13.2. The number of nitrogens with one attached hydrogen (secondary N) is 2. The fraction of sp³-hybridized carbons (Fsp3) is 0.250. The van der Waals surface area contributed by atoms with E-state index in [0.717, 1.165) is 12.1 Å². The summed E-state index contributed by atoms with van der Waals surface area (Å²) < 4.78 is 55.2. The predicted octanol–water partition coefficient (Wildman–Crippen LogP) is 1.85. The lowest BCUT2D eigenvalue weighted by Crippen LogP contribution is -2.48. The Kier molecular flexibility index (Phi) is 5.33. The van der Waals surface area contributed by atoms with Gasteiger partial charge in [0.1, 0.15) is 12.3 Å². The number of carbonyl (C=O) groups is 3. The van der Waals surface area contributed by atoms with Crippen LogP contribution in [-0.2, 0) is 25.0 Å². The Balaban J connectivity index is 1.57. The standard InChI is InChI=1S/C20H17F2N3O6S/c21-18(22)32(29,30)15-8-4-2-6-13(15)23-16(26)11-25-17(27)20(24-19(25)28)9-10-31-14-7-3-1-5-12(14)20/h1-8,18H,9-11H2,(H,23,26)(H,24,28)/t20-/m0/s1. The summed E-state index contributed by atoms with van der Waals surface area (Å²) in [6, 6.07) is 10.5. The topological polar surface area (TPSA) is 122 Å². The molecule has 12 heteroatoms. The molecule has 32 heavy (non-hydrogen) atoms. The van der Waals surface area contributed by atoms with Crippen LogP contribution in [-0.4, -0.2) is 50.1 Å². The lowest BCUT2D eigenvalue weighted by Gasteiger charge is -2.33. The first-order valence-corrected chi connectivity index (χ1v) is 11.0. The van der Waals surface area contributed by atoms with Gasteiger partial charge in [-0.05, 0) is 18.2 Å². The highest BCUT2D eigenvalue weighted by atomic mass is 32.2. The van der Waals surface area contributed by atoms with Crippen LogP contribution in [0.4, 0.5) is 19.3 Å². The third-order valence-electron chi connectivity index (χ3n) is 5.26. The zero-order valence-corrected chi connectivity index (χ0v) is 17.2. The number of benzene rings is 2. The number of rotatable bonds is 5. The van der Waals surface area contributed by atoms with Crippen molar-refractivity contribution < 1.29 is 36.3 Å². The van der Waals surface area contributed by atoms with Gasteiger partial charge in [0.25, 0.3) is 5.91 Å². The van der Waals surface area contributed by atoms with Crippen LogP contribution in [0.5, 0.6) is 5.75 Å². The number of sulfone groups is 1. The highest BCUT2D eigenvalue weighted by molar-refractivity contribution is 7.91. The number of hydrogen-bond donors (Lipinski definition) is 2. The van der Waals surface area contributed by atoms with Crippen molar-refractivity contribution >= 4 is 33.4 Å². The number of fused-ring (bicyclic) bond motifs is 2. The Hall–Kier alpha value is -3.54. The molecule has 2 aliphatic heterocycles. The van der Waals surface area contributed by atoms with Gasteiger partial charge in [-0.2, -0.15) is 8.78 Å². The number of hydrogen-bond acceptors (Lipinski definition) is 6. The highest BCUT2D eigenvalue weighted by Crippen LogP contribution is 2.41. The molecule has 0 aromatic heterocycles. The Morgan fingerprint density at radius 3 is 2.59 bits per heavy atom. The first-order valence-electron chi connectivity index (χ1n) is 9.44. The van der Waals surface area contributed by atoms with E-state index in [0.29, 0.717) is 16.2 Å². The molecule has 1 saturated heterocycles. The molecule has 0 unspecified atom stereocenters. The fourth-order valence-electron chi connectivity index (χ4n) is 3.76.